The Hall–Kier alpha value is -1.84. The Balaban J connectivity index is 2.05. The summed E-state index contributed by atoms with van der Waals surface area (Å²) < 4.78 is 0. The number of carbonyl (C=O) groups excluding carboxylic acids is 2. The number of benzene rings is 1. The molecular weight excluding hydrogens is 228 g/mol. The van der Waals surface area contributed by atoms with Gasteiger partial charge in [-0.1, -0.05) is 30.3 Å². The Morgan fingerprint density at radius 1 is 1.39 bits per heavy atom. The van der Waals surface area contributed by atoms with Gasteiger partial charge < -0.3 is 10.2 Å². The highest BCUT2D eigenvalue weighted by atomic mass is 16.2. The van der Waals surface area contributed by atoms with E-state index in [9.17, 15) is 9.59 Å². The number of nitrogens with one attached hydrogen (secondary N) is 1. The Morgan fingerprint density at radius 3 is 2.61 bits per heavy atom. The summed E-state index contributed by atoms with van der Waals surface area (Å²) >= 11 is 0. The fourth-order valence-electron chi connectivity index (χ4n) is 2.21. The van der Waals surface area contributed by atoms with E-state index in [2.05, 4.69) is 5.32 Å². The molecule has 1 aromatic carbocycles. The molecule has 0 aromatic heterocycles. The molecule has 0 aliphatic carbocycles. The van der Waals surface area contributed by atoms with E-state index in [1.807, 2.05) is 37.3 Å². The van der Waals surface area contributed by atoms with Crippen LogP contribution in [-0.4, -0.2) is 30.3 Å². The molecule has 2 unspecified atom stereocenters. The van der Waals surface area contributed by atoms with Crippen molar-refractivity contribution in [2.24, 2.45) is 5.92 Å². The maximum absolute atomic E-state index is 12.2. The van der Waals surface area contributed by atoms with Gasteiger partial charge in [0.2, 0.25) is 11.8 Å². The highest BCUT2D eigenvalue weighted by Crippen LogP contribution is 2.22. The van der Waals surface area contributed by atoms with Crippen molar-refractivity contribution in [3.05, 3.63) is 35.9 Å². The third-order valence-corrected chi connectivity index (χ3v) is 3.54. The molecular formula is C14H18N2O2. The summed E-state index contributed by atoms with van der Waals surface area (Å²) in [6, 6.07) is 9.92. The van der Waals surface area contributed by atoms with Gasteiger partial charge in [0, 0.05) is 20.0 Å². The monoisotopic (exact) mass is 246 g/mol. The predicted octanol–water partition coefficient (Wildman–Crippen LogP) is 1.34. The van der Waals surface area contributed by atoms with E-state index >= 15 is 0 Å². The molecule has 18 heavy (non-hydrogen) atoms. The van der Waals surface area contributed by atoms with Gasteiger partial charge in [-0.25, -0.2) is 0 Å². The first-order valence-corrected chi connectivity index (χ1v) is 6.18. The Morgan fingerprint density at radius 2 is 2.06 bits per heavy atom. The van der Waals surface area contributed by atoms with Crippen molar-refractivity contribution in [2.45, 2.75) is 19.4 Å². The number of hydrogen-bond donors (Lipinski definition) is 1. The van der Waals surface area contributed by atoms with Gasteiger partial charge in [0.1, 0.15) is 0 Å². The third-order valence-electron chi connectivity index (χ3n) is 3.54. The molecule has 1 heterocycles. The third kappa shape index (κ3) is 2.53. The van der Waals surface area contributed by atoms with Gasteiger partial charge in [-0.15, -0.1) is 0 Å². The summed E-state index contributed by atoms with van der Waals surface area (Å²) in [5, 5.41) is 2.70. The maximum Gasteiger partial charge on any atom is 0.228 e. The lowest BCUT2D eigenvalue weighted by Gasteiger charge is -2.27. The molecule has 1 aliphatic heterocycles. The van der Waals surface area contributed by atoms with Crippen LogP contribution in [0.2, 0.25) is 0 Å². The molecule has 4 heteroatoms. The van der Waals surface area contributed by atoms with E-state index in [-0.39, 0.29) is 23.8 Å². The van der Waals surface area contributed by atoms with Gasteiger partial charge in [0.25, 0.3) is 0 Å². The second-order valence-corrected chi connectivity index (χ2v) is 4.74. The lowest BCUT2D eigenvalue weighted by Crippen LogP contribution is -2.35. The van der Waals surface area contributed by atoms with E-state index in [0.29, 0.717) is 13.0 Å². The minimum absolute atomic E-state index is 0.0226. The first-order valence-electron chi connectivity index (χ1n) is 6.18. The first kappa shape index (κ1) is 12.6. The summed E-state index contributed by atoms with van der Waals surface area (Å²) in [4.78, 5) is 25.1. The van der Waals surface area contributed by atoms with Crippen LogP contribution in [0, 0.1) is 5.92 Å². The van der Waals surface area contributed by atoms with Crippen LogP contribution in [-0.2, 0) is 9.59 Å². The normalized spacial score (nSPS) is 20.3. The van der Waals surface area contributed by atoms with E-state index in [1.54, 1.807) is 11.9 Å². The van der Waals surface area contributed by atoms with Crippen LogP contribution in [0.25, 0.3) is 0 Å². The molecule has 2 amide bonds. The fourth-order valence-corrected chi connectivity index (χ4v) is 2.21. The van der Waals surface area contributed by atoms with Crippen LogP contribution in [0.1, 0.15) is 24.9 Å². The predicted molar refractivity (Wildman–Crippen MR) is 68.7 cm³/mol. The van der Waals surface area contributed by atoms with Crippen molar-refractivity contribution in [2.75, 3.05) is 13.6 Å². The molecule has 0 radical (unpaired) electrons. The second-order valence-electron chi connectivity index (χ2n) is 4.74. The number of carbonyl (C=O) groups is 2. The largest absolute Gasteiger partial charge is 0.355 e. The van der Waals surface area contributed by atoms with Crippen molar-refractivity contribution >= 4 is 11.8 Å². The van der Waals surface area contributed by atoms with Gasteiger partial charge in [-0.3, -0.25) is 9.59 Å². The van der Waals surface area contributed by atoms with E-state index < -0.39 is 0 Å². The quantitative estimate of drug-likeness (QED) is 0.875. The molecule has 2 atom stereocenters. The summed E-state index contributed by atoms with van der Waals surface area (Å²) in [7, 11) is 1.79. The smallest absolute Gasteiger partial charge is 0.228 e. The number of nitrogens with zero attached hydrogens (tertiary/aromatic N) is 1. The van der Waals surface area contributed by atoms with Gasteiger partial charge in [0.15, 0.2) is 0 Å². The minimum Gasteiger partial charge on any atom is -0.355 e. The van der Waals surface area contributed by atoms with Gasteiger partial charge in [-0.2, -0.15) is 0 Å². The second kappa shape index (κ2) is 5.21. The number of hydrogen-bond acceptors (Lipinski definition) is 2. The van der Waals surface area contributed by atoms with Crippen LogP contribution in [0.3, 0.4) is 0 Å². The average Bonchev–Trinajstić information content (AvgIpc) is 2.84. The lowest BCUT2D eigenvalue weighted by atomic mass is 10.0. The average molecular weight is 246 g/mol. The minimum atomic E-state index is -0.214. The van der Waals surface area contributed by atoms with E-state index in [4.69, 9.17) is 0 Å². The van der Waals surface area contributed by atoms with Crippen LogP contribution in [0.5, 0.6) is 0 Å². The zero-order valence-corrected chi connectivity index (χ0v) is 10.7. The molecule has 1 N–H and O–H groups in total. The van der Waals surface area contributed by atoms with Gasteiger partial charge >= 0.3 is 0 Å². The van der Waals surface area contributed by atoms with Crippen LogP contribution in [0.4, 0.5) is 0 Å². The lowest BCUT2D eigenvalue weighted by molar-refractivity contribution is -0.136. The van der Waals surface area contributed by atoms with Crippen molar-refractivity contribution in [3.63, 3.8) is 0 Å². The first-order chi connectivity index (χ1) is 8.59. The summed E-state index contributed by atoms with van der Waals surface area (Å²) in [5.41, 5.74) is 1.10. The zero-order valence-electron chi connectivity index (χ0n) is 10.7. The molecule has 1 fully saturated rings. The Bertz CT molecular complexity index is 444. The molecule has 0 spiro atoms. The number of amides is 2. The van der Waals surface area contributed by atoms with Crippen molar-refractivity contribution in [1.82, 2.24) is 10.2 Å². The highest BCUT2D eigenvalue weighted by Gasteiger charge is 2.31. The standard InChI is InChI=1S/C14H18N2O2/c1-10(11-6-4-3-5-7-11)16(2)14(18)12-8-13(17)15-9-12/h3-7,10,12H,8-9H2,1-2H3,(H,15,17). The molecule has 1 aliphatic rings. The molecule has 1 aromatic rings. The molecule has 96 valence electrons. The van der Waals surface area contributed by atoms with E-state index in [0.717, 1.165) is 5.56 Å². The van der Waals surface area contributed by atoms with Gasteiger partial charge in [0.05, 0.1) is 12.0 Å². The SMILES string of the molecule is CC(c1ccccc1)N(C)C(=O)C1CNC(=O)C1. The molecule has 0 bridgehead atoms. The topological polar surface area (TPSA) is 49.4 Å². The van der Waals surface area contributed by atoms with Crippen LogP contribution >= 0.6 is 0 Å². The molecule has 1 saturated heterocycles. The van der Waals surface area contributed by atoms with Gasteiger partial charge in [-0.05, 0) is 12.5 Å². The Labute approximate surface area is 107 Å². The maximum atomic E-state index is 12.2. The fraction of sp³-hybridized carbons (Fsp3) is 0.429. The molecule has 0 saturated carbocycles. The summed E-state index contributed by atoms with van der Waals surface area (Å²) in [6.07, 6.45) is 0.310. The van der Waals surface area contributed by atoms with Crippen molar-refractivity contribution in [3.8, 4) is 0 Å². The van der Waals surface area contributed by atoms with Crippen LogP contribution in [0.15, 0.2) is 30.3 Å². The van der Waals surface area contributed by atoms with E-state index in [1.165, 1.54) is 0 Å². The van der Waals surface area contributed by atoms with Crippen LogP contribution < -0.4 is 5.32 Å². The highest BCUT2D eigenvalue weighted by molar-refractivity contribution is 5.89. The Kier molecular flexibility index (Phi) is 3.65. The zero-order chi connectivity index (χ0) is 13.1. The summed E-state index contributed by atoms with van der Waals surface area (Å²) in [6.45, 7) is 2.46. The molecule has 4 nitrogen and oxygen atoms in total. The van der Waals surface area contributed by atoms with Crippen molar-refractivity contribution < 1.29 is 9.59 Å². The van der Waals surface area contributed by atoms with Crippen molar-refractivity contribution in [1.29, 1.82) is 0 Å². The molecule has 2 rings (SSSR count). The summed E-state index contributed by atoms with van der Waals surface area (Å²) in [5.74, 6) is -0.215. The number of rotatable bonds is 3.